The predicted molar refractivity (Wildman–Crippen MR) is 143 cm³/mol. The SMILES string of the molecule is CCOc1ccc(-c2nn(-c3ccccc3)cc2/C=C2/C(=O)N(C(C)CC)C(=O)C(C#N)=C2C)cc1C. The summed E-state index contributed by atoms with van der Waals surface area (Å²) in [5, 5.41) is 14.6. The number of amides is 2. The number of hydrogen-bond donors (Lipinski definition) is 0. The molecule has 37 heavy (non-hydrogen) atoms. The minimum atomic E-state index is -0.543. The number of benzene rings is 2. The van der Waals surface area contributed by atoms with E-state index in [1.807, 2.05) is 88.5 Å². The third kappa shape index (κ3) is 4.83. The van der Waals surface area contributed by atoms with E-state index < -0.39 is 11.8 Å². The van der Waals surface area contributed by atoms with Gasteiger partial charge >= 0.3 is 0 Å². The summed E-state index contributed by atoms with van der Waals surface area (Å²) < 4.78 is 7.47. The molecule has 1 aromatic heterocycles. The molecule has 1 aliphatic heterocycles. The number of nitrogens with zero attached hydrogens (tertiary/aromatic N) is 4. The zero-order valence-electron chi connectivity index (χ0n) is 21.8. The van der Waals surface area contributed by atoms with Crippen molar-refractivity contribution in [2.75, 3.05) is 6.61 Å². The first-order valence-electron chi connectivity index (χ1n) is 12.4. The third-order valence-electron chi connectivity index (χ3n) is 6.62. The Morgan fingerprint density at radius 1 is 1.08 bits per heavy atom. The van der Waals surface area contributed by atoms with Crippen molar-refractivity contribution in [3.63, 3.8) is 0 Å². The number of aryl methyl sites for hydroxylation is 1. The second kappa shape index (κ2) is 10.7. The van der Waals surface area contributed by atoms with Crippen molar-refractivity contribution in [1.29, 1.82) is 5.26 Å². The van der Waals surface area contributed by atoms with Crippen LogP contribution in [0, 0.1) is 18.3 Å². The maximum atomic E-state index is 13.6. The van der Waals surface area contributed by atoms with Gasteiger partial charge in [-0.1, -0.05) is 25.1 Å². The van der Waals surface area contributed by atoms with Gasteiger partial charge < -0.3 is 4.74 Å². The van der Waals surface area contributed by atoms with E-state index in [4.69, 9.17) is 9.84 Å². The van der Waals surface area contributed by atoms with Crippen LogP contribution < -0.4 is 4.74 Å². The predicted octanol–water partition coefficient (Wildman–Crippen LogP) is 5.64. The first kappa shape index (κ1) is 25.6. The molecular formula is C30H30N4O3. The Kier molecular flexibility index (Phi) is 7.40. The van der Waals surface area contributed by atoms with Crippen LogP contribution in [0.2, 0.25) is 0 Å². The van der Waals surface area contributed by atoms with Crippen molar-refractivity contribution < 1.29 is 14.3 Å². The minimum Gasteiger partial charge on any atom is -0.494 e. The molecule has 3 aromatic rings. The summed E-state index contributed by atoms with van der Waals surface area (Å²) in [7, 11) is 0. The van der Waals surface area contributed by atoms with E-state index in [1.54, 1.807) is 17.7 Å². The molecule has 0 saturated heterocycles. The Morgan fingerprint density at radius 3 is 2.43 bits per heavy atom. The van der Waals surface area contributed by atoms with Crippen LogP contribution in [-0.4, -0.2) is 39.1 Å². The lowest BCUT2D eigenvalue weighted by Gasteiger charge is -2.31. The van der Waals surface area contributed by atoms with E-state index in [0.717, 1.165) is 22.6 Å². The van der Waals surface area contributed by atoms with Gasteiger partial charge in [-0.3, -0.25) is 14.5 Å². The number of nitriles is 1. The molecule has 4 rings (SSSR count). The summed E-state index contributed by atoms with van der Waals surface area (Å²) in [6.07, 6.45) is 4.19. The van der Waals surface area contributed by atoms with Crippen LogP contribution >= 0.6 is 0 Å². The molecule has 1 unspecified atom stereocenters. The Morgan fingerprint density at radius 2 is 1.81 bits per heavy atom. The fraction of sp³-hybridized carbons (Fsp3) is 0.267. The van der Waals surface area contributed by atoms with Gasteiger partial charge in [0.2, 0.25) is 0 Å². The summed E-state index contributed by atoms with van der Waals surface area (Å²) in [5.74, 6) is -0.146. The van der Waals surface area contributed by atoms with Crippen LogP contribution in [0.15, 0.2) is 71.4 Å². The second-order valence-electron chi connectivity index (χ2n) is 9.03. The lowest BCUT2D eigenvalue weighted by Crippen LogP contribution is -2.47. The van der Waals surface area contributed by atoms with Crippen molar-refractivity contribution in [1.82, 2.24) is 14.7 Å². The molecule has 1 atom stereocenters. The molecule has 1 aliphatic rings. The number of para-hydroxylation sites is 1. The van der Waals surface area contributed by atoms with Crippen LogP contribution in [0.25, 0.3) is 23.0 Å². The van der Waals surface area contributed by atoms with Crippen LogP contribution in [0.4, 0.5) is 0 Å². The van der Waals surface area contributed by atoms with Gasteiger partial charge in [0, 0.05) is 28.9 Å². The molecule has 2 amide bonds. The number of hydrogen-bond acceptors (Lipinski definition) is 5. The molecule has 188 valence electrons. The lowest BCUT2D eigenvalue weighted by atomic mass is 9.92. The monoisotopic (exact) mass is 494 g/mol. The number of ether oxygens (including phenoxy) is 1. The second-order valence-corrected chi connectivity index (χ2v) is 9.03. The summed E-state index contributed by atoms with van der Waals surface area (Å²) in [6.45, 7) is 9.86. The highest BCUT2D eigenvalue weighted by Gasteiger charge is 2.37. The summed E-state index contributed by atoms with van der Waals surface area (Å²) in [6, 6.07) is 17.2. The van der Waals surface area contributed by atoms with Crippen LogP contribution in [0.3, 0.4) is 0 Å². The van der Waals surface area contributed by atoms with E-state index in [0.29, 0.717) is 35.4 Å². The summed E-state index contributed by atoms with van der Waals surface area (Å²) in [4.78, 5) is 27.7. The van der Waals surface area contributed by atoms with Gasteiger partial charge in [-0.25, -0.2) is 4.68 Å². The molecule has 0 bridgehead atoms. The minimum absolute atomic E-state index is 0.0138. The first-order chi connectivity index (χ1) is 17.8. The normalized spacial score (nSPS) is 15.8. The number of carbonyl (C=O) groups excluding carboxylic acids is 2. The highest BCUT2D eigenvalue weighted by molar-refractivity contribution is 6.20. The highest BCUT2D eigenvalue weighted by Crippen LogP contribution is 2.33. The van der Waals surface area contributed by atoms with E-state index in [9.17, 15) is 14.9 Å². The average Bonchev–Trinajstić information content (AvgIpc) is 3.32. The molecule has 7 nitrogen and oxygen atoms in total. The van der Waals surface area contributed by atoms with Crippen LogP contribution in [-0.2, 0) is 9.59 Å². The first-order valence-corrected chi connectivity index (χ1v) is 12.4. The smallest absolute Gasteiger partial charge is 0.271 e. The highest BCUT2D eigenvalue weighted by atomic mass is 16.5. The maximum absolute atomic E-state index is 13.6. The van der Waals surface area contributed by atoms with Gasteiger partial charge in [0.05, 0.1) is 18.0 Å². The largest absolute Gasteiger partial charge is 0.494 e. The molecule has 2 heterocycles. The van der Waals surface area contributed by atoms with Crippen molar-refractivity contribution >= 4 is 17.9 Å². The topological polar surface area (TPSA) is 88.2 Å². The molecule has 0 fully saturated rings. The Labute approximate surface area is 217 Å². The molecule has 2 aromatic carbocycles. The zero-order valence-corrected chi connectivity index (χ0v) is 21.8. The van der Waals surface area contributed by atoms with Crippen molar-refractivity contribution in [3.8, 4) is 28.8 Å². The van der Waals surface area contributed by atoms with Gasteiger partial charge in [-0.05, 0) is 81.7 Å². The Bertz CT molecular complexity index is 1460. The van der Waals surface area contributed by atoms with E-state index in [2.05, 4.69) is 0 Å². The molecular weight excluding hydrogens is 464 g/mol. The van der Waals surface area contributed by atoms with Gasteiger partial charge in [0.15, 0.2) is 0 Å². The van der Waals surface area contributed by atoms with Crippen LogP contribution in [0.1, 0.15) is 45.2 Å². The number of aromatic nitrogens is 2. The molecule has 0 N–H and O–H groups in total. The number of rotatable bonds is 7. The quantitative estimate of drug-likeness (QED) is 0.313. The fourth-order valence-corrected chi connectivity index (χ4v) is 4.38. The van der Waals surface area contributed by atoms with E-state index in [-0.39, 0.29) is 11.6 Å². The Balaban J connectivity index is 1.93. The summed E-state index contributed by atoms with van der Waals surface area (Å²) >= 11 is 0. The van der Waals surface area contributed by atoms with Gasteiger partial charge in [0.25, 0.3) is 11.8 Å². The average molecular weight is 495 g/mol. The van der Waals surface area contributed by atoms with Crippen molar-refractivity contribution in [3.05, 3.63) is 82.6 Å². The molecule has 7 heteroatoms. The number of imide groups is 1. The Hall–Kier alpha value is -4.44. The van der Waals surface area contributed by atoms with Gasteiger partial charge in [-0.15, -0.1) is 0 Å². The van der Waals surface area contributed by atoms with E-state index in [1.165, 1.54) is 4.90 Å². The fourth-order valence-electron chi connectivity index (χ4n) is 4.38. The molecule has 0 aliphatic carbocycles. The van der Waals surface area contributed by atoms with Gasteiger partial charge in [0.1, 0.15) is 17.4 Å². The lowest BCUT2D eigenvalue weighted by molar-refractivity contribution is -0.142. The maximum Gasteiger partial charge on any atom is 0.271 e. The van der Waals surface area contributed by atoms with Gasteiger partial charge in [-0.2, -0.15) is 10.4 Å². The van der Waals surface area contributed by atoms with Crippen LogP contribution in [0.5, 0.6) is 5.75 Å². The molecule has 0 spiro atoms. The zero-order chi connectivity index (χ0) is 26.7. The van der Waals surface area contributed by atoms with E-state index >= 15 is 0 Å². The molecule has 0 saturated carbocycles. The summed E-state index contributed by atoms with van der Waals surface area (Å²) in [5.41, 5.74) is 4.75. The standard InChI is InChI=1S/C30H30N4O3/c1-6-20(4)34-29(35)25(21(5)26(17-31)30(34)36)16-23-18-33(24-11-9-8-10-12-24)32-28(23)22-13-14-27(37-7-2)19(3)15-22/h8-16,18,20H,6-7H2,1-5H3/b25-16+. The number of carbonyl (C=O) groups is 2. The molecule has 0 radical (unpaired) electrons. The third-order valence-corrected chi connectivity index (χ3v) is 6.62. The van der Waals surface area contributed by atoms with Crippen molar-refractivity contribution in [2.45, 2.75) is 47.1 Å². The van der Waals surface area contributed by atoms with Crippen molar-refractivity contribution in [2.24, 2.45) is 0 Å².